The van der Waals surface area contributed by atoms with Crippen molar-refractivity contribution in [2.24, 2.45) is 11.8 Å². The molecule has 6 heteroatoms. The average molecular weight is 368 g/mol. The van der Waals surface area contributed by atoms with Crippen molar-refractivity contribution in [2.45, 2.75) is 60.3 Å². The number of hydrogen-bond donors (Lipinski definition) is 0. The molecule has 0 aromatic rings. The maximum atomic E-state index is 12.6. The largest absolute Gasteiger partial charge is 0.339 e. The monoisotopic (exact) mass is 367 g/mol. The SMILES string of the molecule is CCCC(=O)N1CCN(C(=O)CC(C)C)CCN(C(=O)CC(C)C)CC1. The minimum absolute atomic E-state index is 0.112. The molecular weight excluding hydrogens is 330 g/mol. The first-order valence-corrected chi connectivity index (χ1v) is 10.1. The highest BCUT2D eigenvalue weighted by Gasteiger charge is 2.24. The second-order valence-corrected chi connectivity index (χ2v) is 8.09. The van der Waals surface area contributed by atoms with Gasteiger partial charge in [0.1, 0.15) is 0 Å². The Morgan fingerprint density at radius 3 is 1.23 bits per heavy atom. The van der Waals surface area contributed by atoms with Crippen LogP contribution in [-0.2, 0) is 14.4 Å². The van der Waals surface area contributed by atoms with E-state index in [4.69, 9.17) is 0 Å². The number of amides is 3. The Hall–Kier alpha value is -1.59. The fraction of sp³-hybridized carbons (Fsp3) is 0.850. The van der Waals surface area contributed by atoms with Gasteiger partial charge in [-0.2, -0.15) is 0 Å². The van der Waals surface area contributed by atoms with Crippen molar-refractivity contribution in [3.63, 3.8) is 0 Å². The zero-order valence-corrected chi connectivity index (χ0v) is 17.3. The van der Waals surface area contributed by atoms with Crippen LogP contribution in [0.3, 0.4) is 0 Å². The predicted octanol–water partition coefficient (Wildman–Crippen LogP) is 2.38. The zero-order valence-electron chi connectivity index (χ0n) is 17.3. The van der Waals surface area contributed by atoms with Gasteiger partial charge in [0.2, 0.25) is 17.7 Å². The van der Waals surface area contributed by atoms with Crippen molar-refractivity contribution < 1.29 is 14.4 Å². The summed E-state index contributed by atoms with van der Waals surface area (Å²) >= 11 is 0. The molecule has 0 saturated carbocycles. The molecule has 0 N–H and O–H groups in total. The van der Waals surface area contributed by atoms with Crippen molar-refractivity contribution in [3.05, 3.63) is 0 Å². The van der Waals surface area contributed by atoms with Gasteiger partial charge < -0.3 is 14.7 Å². The van der Waals surface area contributed by atoms with Crippen molar-refractivity contribution in [1.82, 2.24) is 14.7 Å². The molecule has 0 bridgehead atoms. The van der Waals surface area contributed by atoms with Gasteiger partial charge in [0, 0.05) is 58.5 Å². The summed E-state index contributed by atoms with van der Waals surface area (Å²) < 4.78 is 0. The van der Waals surface area contributed by atoms with E-state index in [1.54, 1.807) is 0 Å². The molecule has 6 nitrogen and oxygen atoms in total. The molecule has 0 spiro atoms. The first-order valence-electron chi connectivity index (χ1n) is 10.1. The summed E-state index contributed by atoms with van der Waals surface area (Å²) in [4.78, 5) is 43.0. The van der Waals surface area contributed by atoms with E-state index in [9.17, 15) is 14.4 Å². The smallest absolute Gasteiger partial charge is 0.222 e. The Bertz CT molecular complexity index is 443. The molecule has 26 heavy (non-hydrogen) atoms. The van der Waals surface area contributed by atoms with Gasteiger partial charge in [-0.05, 0) is 18.3 Å². The lowest BCUT2D eigenvalue weighted by Crippen LogP contribution is -2.42. The van der Waals surface area contributed by atoms with Crippen LogP contribution in [0.2, 0.25) is 0 Å². The first kappa shape index (κ1) is 22.5. The molecule has 1 saturated heterocycles. The highest BCUT2D eigenvalue weighted by molar-refractivity contribution is 5.79. The quantitative estimate of drug-likeness (QED) is 0.724. The number of carbonyl (C=O) groups excluding carboxylic acids is 3. The molecule has 0 aromatic heterocycles. The third-order valence-electron chi connectivity index (χ3n) is 4.61. The highest BCUT2D eigenvalue weighted by Crippen LogP contribution is 2.10. The molecular formula is C20H37N3O3. The summed E-state index contributed by atoms with van der Waals surface area (Å²) in [6.07, 6.45) is 2.33. The maximum absolute atomic E-state index is 12.6. The van der Waals surface area contributed by atoms with Gasteiger partial charge in [0.05, 0.1) is 0 Å². The molecule has 1 rings (SSSR count). The van der Waals surface area contributed by atoms with Gasteiger partial charge in [0.25, 0.3) is 0 Å². The Kier molecular flexibility index (Phi) is 9.66. The Labute approximate surface area is 158 Å². The van der Waals surface area contributed by atoms with E-state index in [-0.39, 0.29) is 17.7 Å². The van der Waals surface area contributed by atoms with E-state index in [0.29, 0.717) is 70.4 Å². The summed E-state index contributed by atoms with van der Waals surface area (Å²) in [7, 11) is 0. The summed E-state index contributed by atoms with van der Waals surface area (Å²) in [5.74, 6) is 0.933. The van der Waals surface area contributed by atoms with Crippen molar-refractivity contribution >= 4 is 17.7 Å². The van der Waals surface area contributed by atoms with Gasteiger partial charge in [-0.25, -0.2) is 0 Å². The van der Waals surface area contributed by atoms with Crippen LogP contribution in [0, 0.1) is 11.8 Å². The number of carbonyl (C=O) groups is 3. The van der Waals surface area contributed by atoms with Gasteiger partial charge in [-0.3, -0.25) is 14.4 Å². The van der Waals surface area contributed by atoms with E-state index in [1.807, 2.05) is 49.3 Å². The first-order chi connectivity index (χ1) is 12.2. The van der Waals surface area contributed by atoms with Crippen LogP contribution in [0.15, 0.2) is 0 Å². The molecule has 1 fully saturated rings. The Morgan fingerprint density at radius 1 is 0.654 bits per heavy atom. The molecule has 1 aliphatic rings. The van der Waals surface area contributed by atoms with Gasteiger partial charge in [-0.1, -0.05) is 34.6 Å². The second-order valence-electron chi connectivity index (χ2n) is 8.09. The topological polar surface area (TPSA) is 60.9 Å². The van der Waals surface area contributed by atoms with Crippen LogP contribution in [0.5, 0.6) is 0 Å². The third-order valence-corrected chi connectivity index (χ3v) is 4.61. The number of hydrogen-bond acceptors (Lipinski definition) is 3. The fourth-order valence-electron chi connectivity index (χ4n) is 3.14. The lowest BCUT2D eigenvalue weighted by molar-refractivity contribution is -0.135. The van der Waals surface area contributed by atoms with Crippen molar-refractivity contribution in [3.8, 4) is 0 Å². The fourth-order valence-corrected chi connectivity index (χ4v) is 3.14. The van der Waals surface area contributed by atoms with Crippen LogP contribution in [0.25, 0.3) is 0 Å². The third kappa shape index (κ3) is 7.75. The van der Waals surface area contributed by atoms with Crippen LogP contribution >= 0.6 is 0 Å². The van der Waals surface area contributed by atoms with E-state index in [0.717, 1.165) is 6.42 Å². The van der Waals surface area contributed by atoms with Crippen molar-refractivity contribution in [1.29, 1.82) is 0 Å². The van der Waals surface area contributed by atoms with Crippen LogP contribution < -0.4 is 0 Å². The highest BCUT2D eigenvalue weighted by atomic mass is 16.2. The molecule has 150 valence electrons. The van der Waals surface area contributed by atoms with E-state index < -0.39 is 0 Å². The molecule has 0 atom stereocenters. The minimum atomic E-state index is 0.112. The van der Waals surface area contributed by atoms with E-state index >= 15 is 0 Å². The van der Waals surface area contributed by atoms with E-state index in [1.165, 1.54) is 0 Å². The second kappa shape index (κ2) is 11.2. The molecule has 0 aliphatic carbocycles. The molecule has 1 aliphatic heterocycles. The molecule has 0 radical (unpaired) electrons. The summed E-state index contributed by atoms with van der Waals surface area (Å²) in [6, 6.07) is 0. The van der Waals surface area contributed by atoms with Crippen molar-refractivity contribution in [2.75, 3.05) is 39.3 Å². The summed E-state index contributed by atoms with van der Waals surface area (Å²) in [6.45, 7) is 13.4. The lowest BCUT2D eigenvalue weighted by Gasteiger charge is -2.27. The molecule has 0 unspecified atom stereocenters. The average Bonchev–Trinajstić information content (AvgIpc) is 2.63. The predicted molar refractivity (Wildman–Crippen MR) is 104 cm³/mol. The zero-order chi connectivity index (χ0) is 19.7. The summed E-state index contributed by atoms with van der Waals surface area (Å²) in [5, 5.41) is 0. The minimum Gasteiger partial charge on any atom is -0.339 e. The maximum Gasteiger partial charge on any atom is 0.222 e. The molecule has 0 aromatic carbocycles. The molecule has 3 amide bonds. The lowest BCUT2D eigenvalue weighted by atomic mass is 10.1. The van der Waals surface area contributed by atoms with Gasteiger partial charge in [0.15, 0.2) is 0 Å². The van der Waals surface area contributed by atoms with Crippen LogP contribution in [0.4, 0.5) is 0 Å². The standard InChI is InChI=1S/C20H37N3O3/c1-6-7-18(24)21-8-10-22(19(25)14-16(2)3)12-13-23(11-9-21)20(26)15-17(4)5/h16-17H,6-15H2,1-5H3. The Balaban J connectivity index is 2.89. The summed E-state index contributed by atoms with van der Waals surface area (Å²) in [5.41, 5.74) is 0. The van der Waals surface area contributed by atoms with Gasteiger partial charge in [-0.15, -0.1) is 0 Å². The van der Waals surface area contributed by atoms with Crippen LogP contribution in [-0.4, -0.2) is 71.7 Å². The van der Waals surface area contributed by atoms with Crippen LogP contribution in [0.1, 0.15) is 60.3 Å². The molecule has 1 heterocycles. The van der Waals surface area contributed by atoms with Gasteiger partial charge >= 0.3 is 0 Å². The number of nitrogens with zero attached hydrogens (tertiary/aromatic N) is 3. The van der Waals surface area contributed by atoms with E-state index in [2.05, 4.69) is 0 Å². The number of rotatable bonds is 6. The Morgan fingerprint density at radius 2 is 0.962 bits per heavy atom. The normalized spacial score (nSPS) is 16.5.